The lowest BCUT2D eigenvalue weighted by Crippen LogP contribution is -2.55. The normalized spacial score (nSPS) is 14.9. The molecule has 0 fully saturated rings. The molecule has 0 unspecified atom stereocenters. The van der Waals surface area contributed by atoms with E-state index in [9.17, 15) is 19.2 Å². The van der Waals surface area contributed by atoms with Crippen LogP contribution in [0.1, 0.15) is 27.2 Å². The zero-order valence-corrected chi connectivity index (χ0v) is 12.1. The molecule has 0 radical (unpaired) electrons. The number of rotatable bonds is 8. The van der Waals surface area contributed by atoms with Gasteiger partial charge >= 0.3 is 11.9 Å². The topological polar surface area (TPSA) is 159 Å². The summed E-state index contributed by atoms with van der Waals surface area (Å²) in [4.78, 5) is 45.2. The van der Waals surface area contributed by atoms with E-state index in [1.54, 1.807) is 13.8 Å². The van der Waals surface area contributed by atoms with E-state index < -0.39 is 54.2 Å². The largest absolute Gasteiger partial charge is 0.481 e. The highest BCUT2D eigenvalue weighted by atomic mass is 16.4. The standard InChI is InChI=1S/C12H21N3O6/c1-5(2)9(12(20)21)15-11(19)7(4-8(16)17)14-10(18)6(3)13/h5-7,9H,4,13H2,1-3H3,(H,14,18)(H,15,19)(H,16,17)(H,20,21)/t6-,7-,9-/m0/s1. The first-order chi connectivity index (χ1) is 9.56. The number of nitrogens with two attached hydrogens (primary N) is 1. The van der Waals surface area contributed by atoms with E-state index in [2.05, 4.69) is 10.6 Å². The summed E-state index contributed by atoms with van der Waals surface area (Å²) >= 11 is 0. The van der Waals surface area contributed by atoms with Gasteiger partial charge in [0, 0.05) is 0 Å². The molecule has 9 heteroatoms. The SMILES string of the molecule is CC(C)[C@H](NC(=O)[C@H](CC(=O)O)NC(=O)[C@H](C)N)C(=O)O. The summed E-state index contributed by atoms with van der Waals surface area (Å²) in [7, 11) is 0. The first kappa shape index (κ1) is 18.8. The van der Waals surface area contributed by atoms with Crippen molar-refractivity contribution in [2.45, 2.75) is 45.3 Å². The van der Waals surface area contributed by atoms with Crippen LogP contribution in [0.3, 0.4) is 0 Å². The molecule has 0 aromatic carbocycles. The second-order valence-corrected chi connectivity index (χ2v) is 5.02. The van der Waals surface area contributed by atoms with Crippen molar-refractivity contribution in [3.8, 4) is 0 Å². The Hall–Kier alpha value is -2.16. The molecule has 0 aromatic heterocycles. The van der Waals surface area contributed by atoms with Crippen LogP contribution in [0.15, 0.2) is 0 Å². The summed E-state index contributed by atoms with van der Waals surface area (Å²) in [5.74, 6) is -4.54. The van der Waals surface area contributed by atoms with Crippen molar-refractivity contribution in [2.24, 2.45) is 11.7 Å². The molecule has 0 heterocycles. The first-order valence-electron chi connectivity index (χ1n) is 6.37. The van der Waals surface area contributed by atoms with Crippen LogP contribution >= 0.6 is 0 Å². The molecule has 9 nitrogen and oxygen atoms in total. The van der Waals surface area contributed by atoms with Crippen LogP contribution in [0.25, 0.3) is 0 Å². The van der Waals surface area contributed by atoms with Gasteiger partial charge in [0.25, 0.3) is 0 Å². The molecular weight excluding hydrogens is 282 g/mol. The minimum absolute atomic E-state index is 0.402. The quantitative estimate of drug-likeness (QED) is 0.365. The van der Waals surface area contributed by atoms with E-state index in [4.69, 9.17) is 15.9 Å². The molecule has 6 N–H and O–H groups in total. The summed E-state index contributed by atoms with van der Waals surface area (Å²) in [6.45, 7) is 4.55. The van der Waals surface area contributed by atoms with Gasteiger partial charge in [-0.2, -0.15) is 0 Å². The molecular formula is C12H21N3O6. The number of nitrogens with one attached hydrogen (secondary N) is 2. The lowest BCUT2D eigenvalue weighted by atomic mass is 10.0. The van der Waals surface area contributed by atoms with Crippen molar-refractivity contribution < 1.29 is 29.4 Å². The summed E-state index contributed by atoms with van der Waals surface area (Å²) in [5, 5.41) is 22.1. The average Bonchev–Trinajstić information content (AvgIpc) is 2.32. The van der Waals surface area contributed by atoms with E-state index in [1.165, 1.54) is 6.92 Å². The van der Waals surface area contributed by atoms with Crippen LogP contribution < -0.4 is 16.4 Å². The molecule has 21 heavy (non-hydrogen) atoms. The molecule has 0 rings (SSSR count). The Morgan fingerprint density at radius 1 is 1.00 bits per heavy atom. The van der Waals surface area contributed by atoms with E-state index in [0.717, 1.165) is 0 Å². The molecule has 0 spiro atoms. The van der Waals surface area contributed by atoms with Gasteiger partial charge in [0.1, 0.15) is 12.1 Å². The Morgan fingerprint density at radius 2 is 1.52 bits per heavy atom. The molecule has 0 aliphatic rings. The van der Waals surface area contributed by atoms with Gasteiger partial charge in [0.15, 0.2) is 0 Å². The Morgan fingerprint density at radius 3 is 1.86 bits per heavy atom. The second-order valence-electron chi connectivity index (χ2n) is 5.02. The van der Waals surface area contributed by atoms with Gasteiger partial charge in [-0.3, -0.25) is 14.4 Å². The van der Waals surface area contributed by atoms with Gasteiger partial charge in [-0.15, -0.1) is 0 Å². The van der Waals surface area contributed by atoms with Crippen molar-refractivity contribution in [2.75, 3.05) is 0 Å². The number of hydrogen-bond acceptors (Lipinski definition) is 5. The number of carbonyl (C=O) groups excluding carboxylic acids is 2. The van der Waals surface area contributed by atoms with Gasteiger partial charge in [-0.05, 0) is 12.8 Å². The number of carboxylic acid groups (broad SMARTS) is 2. The maximum atomic E-state index is 12.0. The Balaban J connectivity index is 4.98. The van der Waals surface area contributed by atoms with Crippen LogP contribution in [0.4, 0.5) is 0 Å². The number of carboxylic acids is 2. The molecule has 0 aliphatic heterocycles. The highest BCUT2D eigenvalue weighted by Crippen LogP contribution is 2.03. The van der Waals surface area contributed by atoms with E-state index >= 15 is 0 Å². The van der Waals surface area contributed by atoms with Gasteiger partial charge in [-0.25, -0.2) is 4.79 Å². The number of carbonyl (C=O) groups is 4. The first-order valence-corrected chi connectivity index (χ1v) is 6.37. The minimum Gasteiger partial charge on any atom is -0.481 e. The predicted molar refractivity (Wildman–Crippen MR) is 72.2 cm³/mol. The average molecular weight is 303 g/mol. The third-order valence-corrected chi connectivity index (χ3v) is 2.66. The van der Waals surface area contributed by atoms with Crippen molar-refractivity contribution in [3.63, 3.8) is 0 Å². The van der Waals surface area contributed by atoms with Gasteiger partial charge in [0.05, 0.1) is 12.5 Å². The second kappa shape index (κ2) is 8.20. The van der Waals surface area contributed by atoms with Crippen LogP contribution in [-0.4, -0.2) is 52.1 Å². The molecule has 0 saturated carbocycles. The van der Waals surface area contributed by atoms with Gasteiger partial charge in [0.2, 0.25) is 11.8 Å². The monoisotopic (exact) mass is 303 g/mol. The maximum absolute atomic E-state index is 12.0. The lowest BCUT2D eigenvalue weighted by Gasteiger charge is -2.22. The fraction of sp³-hybridized carbons (Fsp3) is 0.667. The smallest absolute Gasteiger partial charge is 0.326 e. The molecule has 0 saturated heterocycles. The summed E-state index contributed by atoms with van der Waals surface area (Å²) in [5.41, 5.74) is 5.33. The molecule has 0 aromatic rings. The molecule has 0 bridgehead atoms. The zero-order chi connectivity index (χ0) is 16.7. The van der Waals surface area contributed by atoms with E-state index in [1.807, 2.05) is 0 Å². The van der Waals surface area contributed by atoms with E-state index in [0.29, 0.717) is 0 Å². The van der Waals surface area contributed by atoms with Crippen LogP contribution in [0.5, 0.6) is 0 Å². The Bertz CT molecular complexity index is 421. The molecule has 120 valence electrons. The van der Waals surface area contributed by atoms with Gasteiger partial charge in [-0.1, -0.05) is 13.8 Å². The third kappa shape index (κ3) is 6.70. The summed E-state index contributed by atoms with van der Waals surface area (Å²) in [6, 6.07) is -3.49. The predicted octanol–water partition coefficient (Wildman–Crippen LogP) is -1.48. The van der Waals surface area contributed by atoms with Crippen molar-refractivity contribution in [3.05, 3.63) is 0 Å². The summed E-state index contributed by atoms with van der Waals surface area (Å²) in [6.07, 6.45) is -0.672. The van der Waals surface area contributed by atoms with Crippen molar-refractivity contribution in [1.82, 2.24) is 10.6 Å². The third-order valence-electron chi connectivity index (χ3n) is 2.66. The molecule has 2 amide bonds. The number of hydrogen-bond donors (Lipinski definition) is 5. The highest BCUT2D eigenvalue weighted by molar-refractivity contribution is 5.93. The van der Waals surface area contributed by atoms with Crippen molar-refractivity contribution in [1.29, 1.82) is 0 Å². The number of aliphatic carboxylic acids is 2. The molecule has 3 atom stereocenters. The van der Waals surface area contributed by atoms with Crippen LogP contribution in [0.2, 0.25) is 0 Å². The van der Waals surface area contributed by atoms with E-state index in [-0.39, 0.29) is 0 Å². The summed E-state index contributed by atoms with van der Waals surface area (Å²) < 4.78 is 0. The zero-order valence-electron chi connectivity index (χ0n) is 12.1. The lowest BCUT2D eigenvalue weighted by molar-refractivity contribution is -0.144. The minimum atomic E-state index is -1.39. The fourth-order valence-corrected chi connectivity index (χ4v) is 1.45. The Kier molecular flexibility index (Phi) is 7.36. The highest BCUT2D eigenvalue weighted by Gasteiger charge is 2.30. The maximum Gasteiger partial charge on any atom is 0.326 e. The van der Waals surface area contributed by atoms with Gasteiger partial charge < -0.3 is 26.6 Å². The van der Waals surface area contributed by atoms with Crippen LogP contribution in [0, 0.1) is 5.92 Å². The molecule has 0 aliphatic carbocycles. The van der Waals surface area contributed by atoms with Crippen LogP contribution in [-0.2, 0) is 19.2 Å². The Labute approximate surface area is 121 Å². The fourth-order valence-electron chi connectivity index (χ4n) is 1.45. The number of amides is 2. The van der Waals surface area contributed by atoms with Crippen molar-refractivity contribution >= 4 is 23.8 Å².